The number of nitrogens with zero attached hydrogens (tertiary/aromatic N) is 3. The van der Waals surface area contributed by atoms with Gasteiger partial charge in [-0.05, 0) is 30.5 Å². The van der Waals surface area contributed by atoms with Crippen molar-refractivity contribution < 1.29 is 9.53 Å². The van der Waals surface area contributed by atoms with Crippen LogP contribution in [0.4, 0.5) is 0 Å². The van der Waals surface area contributed by atoms with Gasteiger partial charge in [0, 0.05) is 45.1 Å². The van der Waals surface area contributed by atoms with Crippen molar-refractivity contribution in [3.8, 4) is 5.69 Å². The number of aromatic nitrogens is 2. The molecule has 0 radical (unpaired) electrons. The van der Waals surface area contributed by atoms with E-state index in [0.29, 0.717) is 19.7 Å². The maximum absolute atomic E-state index is 12.0. The molecule has 6 nitrogen and oxygen atoms in total. The van der Waals surface area contributed by atoms with Crippen LogP contribution in [-0.2, 0) is 9.53 Å². The van der Waals surface area contributed by atoms with Crippen molar-refractivity contribution in [3.05, 3.63) is 54.4 Å². The van der Waals surface area contributed by atoms with Gasteiger partial charge in [0.15, 0.2) is 0 Å². The molecule has 0 bridgehead atoms. The number of nitrogens with one attached hydrogen (secondary N) is 1. The van der Waals surface area contributed by atoms with Gasteiger partial charge < -0.3 is 10.1 Å². The Kier molecular flexibility index (Phi) is 6.57. The van der Waals surface area contributed by atoms with Gasteiger partial charge in [0.2, 0.25) is 5.91 Å². The SMILES string of the molecule is COCCCNC(=O)CN1CC=C(c2cnn(-c3ccccc3)c2)CC1. The first-order valence-corrected chi connectivity index (χ1v) is 9.04. The molecule has 1 aliphatic heterocycles. The lowest BCUT2D eigenvalue weighted by Gasteiger charge is -2.25. The second-order valence-corrected chi connectivity index (χ2v) is 6.42. The summed E-state index contributed by atoms with van der Waals surface area (Å²) in [5, 5.41) is 7.40. The topological polar surface area (TPSA) is 59.4 Å². The molecule has 0 fully saturated rings. The van der Waals surface area contributed by atoms with E-state index in [0.717, 1.165) is 37.2 Å². The van der Waals surface area contributed by atoms with Crippen molar-refractivity contribution in [1.29, 1.82) is 0 Å². The van der Waals surface area contributed by atoms with Crippen LogP contribution in [0.5, 0.6) is 0 Å². The van der Waals surface area contributed by atoms with Gasteiger partial charge >= 0.3 is 0 Å². The van der Waals surface area contributed by atoms with Crippen molar-refractivity contribution in [2.45, 2.75) is 12.8 Å². The summed E-state index contributed by atoms with van der Waals surface area (Å²) in [7, 11) is 1.67. The molecular weight excluding hydrogens is 328 g/mol. The Labute approximate surface area is 154 Å². The van der Waals surface area contributed by atoms with E-state index < -0.39 is 0 Å². The fraction of sp³-hybridized carbons (Fsp3) is 0.400. The molecule has 0 saturated heterocycles. The average Bonchev–Trinajstić information content (AvgIpc) is 3.17. The maximum Gasteiger partial charge on any atom is 0.234 e. The van der Waals surface area contributed by atoms with Crippen molar-refractivity contribution in [3.63, 3.8) is 0 Å². The minimum Gasteiger partial charge on any atom is -0.385 e. The zero-order chi connectivity index (χ0) is 18.2. The van der Waals surface area contributed by atoms with E-state index in [2.05, 4.69) is 27.6 Å². The molecule has 2 aromatic rings. The highest BCUT2D eigenvalue weighted by Gasteiger charge is 2.16. The number of ether oxygens (including phenoxy) is 1. The minimum absolute atomic E-state index is 0.0786. The number of amides is 1. The molecule has 26 heavy (non-hydrogen) atoms. The third-order valence-corrected chi connectivity index (χ3v) is 4.48. The molecule has 6 heteroatoms. The van der Waals surface area contributed by atoms with E-state index in [1.165, 1.54) is 5.57 Å². The van der Waals surface area contributed by atoms with Crippen LogP contribution in [0.15, 0.2) is 48.8 Å². The predicted molar refractivity (Wildman–Crippen MR) is 102 cm³/mol. The second-order valence-electron chi connectivity index (χ2n) is 6.42. The maximum atomic E-state index is 12.0. The molecule has 138 valence electrons. The molecule has 1 aromatic carbocycles. The van der Waals surface area contributed by atoms with E-state index in [1.54, 1.807) is 7.11 Å². The molecule has 1 amide bonds. The Morgan fingerprint density at radius 1 is 1.31 bits per heavy atom. The number of hydrogen-bond acceptors (Lipinski definition) is 4. The van der Waals surface area contributed by atoms with Crippen LogP contribution in [-0.4, -0.2) is 60.5 Å². The summed E-state index contributed by atoms with van der Waals surface area (Å²) >= 11 is 0. The highest BCUT2D eigenvalue weighted by Crippen LogP contribution is 2.22. The average molecular weight is 354 g/mol. The summed E-state index contributed by atoms with van der Waals surface area (Å²) in [6, 6.07) is 10.1. The number of hydrogen-bond donors (Lipinski definition) is 1. The van der Waals surface area contributed by atoms with Gasteiger partial charge in [0.25, 0.3) is 0 Å². The van der Waals surface area contributed by atoms with E-state index in [-0.39, 0.29) is 5.91 Å². The number of carbonyl (C=O) groups excluding carboxylic acids is 1. The highest BCUT2D eigenvalue weighted by molar-refractivity contribution is 5.78. The summed E-state index contributed by atoms with van der Waals surface area (Å²) in [6.07, 6.45) is 7.96. The number of benzene rings is 1. The second kappa shape index (κ2) is 9.31. The van der Waals surface area contributed by atoms with Gasteiger partial charge in [-0.15, -0.1) is 0 Å². The zero-order valence-corrected chi connectivity index (χ0v) is 15.2. The number of methoxy groups -OCH3 is 1. The van der Waals surface area contributed by atoms with Crippen LogP contribution in [0.2, 0.25) is 0 Å². The molecule has 1 N–H and O–H groups in total. The first-order chi connectivity index (χ1) is 12.8. The van der Waals surface area contributed by atoms with Crippen LogP contribution in [0.1, 0.15) is 18.4 Å². The largest absolute Gasteiger partial charge is 0.385 e. The summed E-state index contributed by atoms with van der Waals surface area (Å²) in [6.45, 7) is 3.46. The monoisotopic (exact) mass is 354 g/mol. The van der Waals surface area contributed by atoms with Gasteiger partial charge in [-0.25, -0.2) is 4.68 Å². The Morgan fingerprint density at radius 2 is 2.15 bits per heavy atom. The standard InChI is InChI=1S/C20H26N4O2/c1-26-13-5-10-21-20(25)16-23-11-8-17(9-12-23)18-14-22-24(15-18)19-6-3-2-4-7-19/h2-4,6-8,14-15H,5,9-13,16H2,1H3,(H,21,25). The van der Waals surface area contributed by atoms with Crippen molar-refractivity contribution in [2.24, 2.45) is 0 Å². The number of carbonyl (C=O) groups is 1. The molecule has 0 saturated carbocycles. The van der Waals surface area contributed by atoms with Crippen LogP contribution in [0.25, 0.3) is 11.3 Å². The zero-order valence-electron chi connectivity index (χ0n) is 15.2. The van der Waals surface area contributed by atoms with Crippen LogP contribution in [0.3, 0.4) is 0 Å². The van der Waals surface area contributed by atoms with E-state index in [1.807, 2.05) is 41.2 Å². The first kappa shape index (κ1) is 18.4. The molecule has 0 unspecified atom stereocenters. The van der Waals surface area contributed by atoms with Crippen molar-refractivity contribution in [1.82, 2.24) is 20.0 Å². The van der Waals surface area contributed by atoms with Gasteiger partial charge in [0.1, 0.15) is 0 Å². The quantitative estimate of drug-likeness (QED) is 0.738. The summed E-state index contributed by atoms with van der Waals surface area (Å²) in [5.41, 5.74) is 3.50. The fourth-order valence-corrected chi connectivity index (χ4v) is 3.03. The van der Waals surface area contributed by atoms with Gasteiger partial charge in [-0.2, -0.15) is 5.10 Å². The van der Waals surface area contributed by atoms with Crippen LogP contribution < -0.4 is 5.32 Å². The molecule has 3 rings (SSSR count). The van der Waals surface area contributed by atoms with Crippen molar-refractivity contribution >= 4 is 11.5 Å². The summed E-state index contributed by atoms with van der Waals surface area (Å²) in [5.74, 6) is 0.0786. The van der Waals surface area contributed by atoms with Gasteiger partial charge in [-0.3, -0.25) is 9.69 Å². The van der Waals surface area contributed by atoms with E-state index in [4.69, 9.17) is 4.74 Å². The van der Waals surface area contributed by atoms with E-state index >= 15 is 0 Å². The summed E-state index contributed by atoms with van der Waals surface area (Å²) in [4.78, 5) is 14.1. The minimum atomic E-state index is 0.0786. The van der Waals surface area contributed by atoms with Gasteiger partial charge in [-0.1, -0.05) is 24.3 Å². The lowest BCUT2D eigenvalue weighted by Crippen LogP contribution is -2.39. The smallest absolute Gasteiger partial charge is 0.234 e. The normalized spacial score (nSPS) is 14.9. The summed E-state index contributed by atoms with van der Waals surface area (Å²) < 4.78 is 6.88. The number of rotatable bonds is 8. The molecular formula is C20H26N4O2. The third kappa shape index (κ3) is 5.03. The molecule has 0 atom stereocenters. The van der Waals surface area contributed by atoms with Crippen molar-refractivity contribution in [2.75, 3.05) is 39.9 Å². The van der Waals surface area contributed by atoms with Crippen LogP contribution in [0, 0.1) is 0 Å². The third-order valence-electron chi connectivity index (χ3n) is 4.48. The Balaban J connectivity index is 1.50. The van der Waals surface area contributed by atoms with Gasteiger partial charge in [0.05, 0.1) is 18.4 Å². The van der Waals surface area contributed by atoms with E-state index in [9.17, 15) is 4.79 Å². The molecule has 2 heterocycles. The first-order valence-electron chi connectivity index (χ1n) is 9.04. The molecule has 0 spiro atoms. The number of para-hydroxylation sites is 1. The highest BCUT2D eigenvalue weighted by atomic mass is 16.5. The Hall–Kier alpha value is -2.44. The van der Waals surface area contributed by atoms with Crippen LogP contribution >= 0.6 is 0 Å². The lowest BCUT2D eigenvalue weighted by atomic mass is 10.0. The Morgan fingerprint density at radius 3 is 2.88 bits per heavy atom. The fourth-order valence-electron chi connectivity index (χ4n) is 3.03. The predicted octanol–water partition coefficient (Wildman–Crippen LogP) is 2.11. The Bertz CT molecular complexity index is 739. The molecule has 1 aromatic heterocycles. The lowest BCUT2D eigenvalue weighted by molar-refractivity contribution is -0.122. The molecule has 1 aliphatic rings. The molecule has 0 aliphatic carbocycles.